The van der Waals surface area contributed by atoms with Crippen LogP contribution in [-0.2, 0) is 29.1 Å². The van der Waals surface area contributed by atoms with Crippen molar-refractivity contribution in [3.05, 3.63) is 29.8 Å². The smallest absolute Gasteiger partial charge is 0.340 e. The van der Waals surface area contributed by atoms with Gasteiger partial charge in [-0.15, -0.1) is 0 Å². The molecule has 0 aliphatic carbocycles. The van der Waals surface area contributed by atoms with Crippen LogP contribution in [0.5, 0.6) is 0 Å². The molecule has 1 saturated heterocycles. The summed E-state index contributed by atoms with van der Waals surface area (Å²) >= 11 is 0. The number of benzene rings is 1. The highest BCUT2D eigenvalue weighted by Gasteiger charge is 2.69. The number of esters is 2. The Kier molecular flexibility index (Phi) is 5.46. The maximum absolute atomic E-state index is 13.1. The summed E-state index contributed by atoms with van der Waals surface area (Å²) in [5.41, 5.74) is -3.64. The normalized spacial score (nSPS) is 26.5. The first-order chi connectivity index (χ1) is 12.1. The number of carbonyl (C=O) groups excluding carboxylic acids is 2. The first kappa shape index (κ1) is 20.3. The minimum atomic E-state index is -4.17. The largest absolute Gasteiger partial charge is 0.467 e. The zero-order valence-corrected chi connectivity index (χ0v) is 16.0. The molecule has 1 heterocycles. The SMILES string of the molecule is CCOC(=O)[C@@]1(C)N(S(=O)(=O)c2ccc(C)cc2)CC[C@@]1(O)C(=O)OC. The van der Waals surface area contributed by atoms with Crippen molar-refractivity contribution in [1.82, 2.24) is 4.31 Å². The van der Waals surface area contributed by atoms with Crippen LogP contribution in [-0.4, -0.2) is 61.2 Å². The number of hydrogen-bond acceptors (Lipinski definition) is 7. The van der Waals surface area contributed by atoms with Gasteiger partial charge in [0.2, 0.25) is 10.0 Å². The van der Waals surface area contributed by atoms with Crippen molar-refractivity contribution >= 4 is 22.0 Å². The van der Waals surface area contributed by atoms with Gasteiger partial charge in [-0.1, -0.05) is 17.7 Å². The second kappa shape index (κ2) is 6.98. The first-order valence-electron chi connectivity index (χ1n) is 8.13. The van der Waals surface area contributed by atoms with E-state index in [0.29, 0.717) is 0 Å². The van der Waals surface area contributed by atoms with E-state index < -0.39 is 33.1 Å². The van der Waals surface area contributed by atoms with E-state index in [1.807, 2.05) is 6.92 Å². The molecule has 0 amide bonds. The van der Waals surface area contributed by atoms with Gasteiger partial charge in [0.05, 0.1) is 18.6 Å². The van der Waals surface area contributed by atoms with E-state index >= 15 is 0 Å². The summed E-state index contributed by atoms with van der Waals surface area (Å²) in [6.07, 6.45) is -0.292. The molecule has 1 N–H and O–H groups in total. The van der Waals surface area contributed by atoms with Crippen LogP contribution < -0.4 is 0 Å². The van der Waals surface area contributed by atoms with Crippen LogP contribution in [0.4, 0.5) is 0 Å². The number of sulfonamides is 1. The van der Waals surface area contributed by atoms with Gasteiger partial charge in [-0.3, -0.25) is 0 Å². The molecule has 1 aliphatic heterocycles. The second-order valence-corrected chi connectivity index (χ2v) is 8.15. The summed E-state index contributed by atoms with van der Waals surface area (Å²) in [6.45, 7) is 4.26. The number of carbonyl (C=O) groups is 2. The van der Waals surface area contributed by atoms with E-state index in [0.717, 1.165) is 17.0 Å². The van der Waals surface area contributed by atoms with Gasteiger partial charge in [0.25, 0.3) is 0 Å². The van der Waals surface area contributed by atoms with Crippen molar-refractivity contribution in [2.75, 3.05) is 20.3 Å². The molecule has 144 valence electrons. The molecule has 0 spiro atoms. The Morgan fingerprint density at radius 3 is 2.31 bits per heavy atom. The van der Waals surface area contributed by atoms with E-state index in [4.69, 9.17) is 4.74 Å². The van der Waals surface area contributed by atoms with Crippen LogP contribution in [0.2, 0.25) is 0 Å². The molecule has 2 rings (SSSR count). The molecule has 1 aromatic rings. The van der Waals surface area contributed by atoms with Gasteiger partial charge in [0.1, 0.15) is 0 Å². The van der Waals surface area contributed by atoms with Gasteiger partial charge in [0, 0.05) is 13.0 Å². The van der Waals surface area contributed by atoms with Crippen molar-refractivity contribution in [3.63, 3.8) is 0 Å². The van der Waals surface area contributed by atoms with Gasteiger partial charge >= 0.3 is 11.9 Å². The van der Waals surface area contributed by atoms with Gasteiger partial charge in [-0.05, 0) is 32.9 Å². The number of ether oxygens (including phenoxy) is 2. The molecule has 0 bridgehead atoms. The van der Waals surface area contributed by atoms with Crippen molar-refractivity contribution < 1.29 is 32.6 Å². The average Bonchev–Trinajstić information content (AvgIpc) is 2.89. The molecule has 1 aliphatic rings. The quantitative estimate of drug-likeness (QED) is 0.740. The standard InChI is InChI=1S/C17H23NO7S/c1-5-25-14(19)16(3)17(21,15(20)24-4)10-11-18(16)26(22,23)13-8-6-12(2)7-9-13/h6-9,21H,5,10-11H2,1-4H3/t16-,17-/m1/s1. The van der Waals surface area contributed by atoms with E-state index in [1.54, 1.807) is 19.1 Å². The van der Waals surface area contributed by atoms with Crippen LogP contribution in [0.1, 0.15) is 25.8 Å². The molecule has 0 radical (unpaired) electrons. The summed E-state index contributed by atoms with van der Waals surface area (Å²) in [5.74, 6) is -2.10. The Bertz CT molecular complexity index is 805. The van der Waals surface area contributed by atoms with E-state index in [9.17, 15) is 23.1 Å². The predicted octanol–water partition coefficient (Wildman–Crippen LogP) is 0.615. The van der Waals surface area contributed by atoms with Crippen LogP contribution in [0.3, 0.4) is 0 Å². The molecule has 9 heteroatoms. The Balaban J connectivity index is 2.61. The first-order valence-corrected chi connectivity index (χ1v) is 9.57. The number of nitrogens with zero attached hydrogens (tertiary/aromatic N) is 1. The zero-order valence-electron chi connectivity index (χ0n) is 15.2. The third-order valence-electron chi connectivity index (χ3n) is 4.79. The molecule has 0 aromatic heterocycles. The van der Waals surface area contributed by atoms with Gasteiger partial charge in [-0.25, -0.2) is 18.0 Å². The fraction of sp³-hybridized carbons (Fsp3) is 0.529. The summed E-state index contributed by atoms with van der Waals surface area (Å²) in [5, 5.41) is 10.9. The van der Waals surface area contributed by atoms with Crippen LogP contribution in [0.15, 0.2) is 29.2 Å². The predicted molar refractivity (Wildman–Crippen MR) is 91.7 cm³/mol. The van der Waals surface area contributed by atoms with Crippen molar-refractivity contribution in [2.45, 2.75) is 43.2 Å². The van der Waals surface area contributed by atoms with E-state index in [2.05, 4.69) is 4.74 Å². The fourth-order valence-corrected chi connectivity index (χ4v) is 4.92. The third kappa shape index (κ3) is 2.89. The van der Waals surface area contributed by atoms with Crippen LogP contribution in [0, 0.1) is 6.92 Å². The topological polar surface area (TPSA) is 110 Å². The van der Waals surface area contributed by atoms with E-state index in [1.165, 1.54) is 19.1 Å². The second-order valence-electron chi connectivity index (χ2n) is 6.28. The average molecular weight is 385 g/mol. The lowest BCUT2D eigenvalue weighted by Gasteiger charge is -2.39. The minimum Gasteiger partial charge on any atom is -0.467 e. The molecule has 0 unspecified atom stereocenters. The number of aryl methyl sites for hydroxylation is 1. The van der Waals surface area contributed by atoms with E-state index in [-0.39, 0.29) is 24.5 Å². The zero-order chi connectivity index (χ0) is 19.8. The Morgan fingerprint density at radius 1 is 1.23 bits per heavy atom. The lowest BCUT2D eigenvalue weighted by Crippen LogP contribution is -2.66. The fourth-order valence-electron chi connectivity index (χ4n) is 3.15. The van der Waals surface area contributed by atoms with Crippen molar-refractivity contribution in [2.24, 2.45) is 0 Å². The molecule has 0 saturated carbocycles. The van der Waals surface area contributed by atoms with Crippen LogP contribution in [0.25, 0.3) is 0 Å². The minimum absolute atomic E-state index is 0.0376. The van der Waals surface area contributed by atoms with Crippen LogP contribution >= 0.6 is 0 Å². The third-order valence-corrected chi connectivity index (χ3v) is 6.78. The highest BCUT2D eigenvalue weighted by molar-refractivity contribution is 7.89. The van der Waals surface area contributed by atoms with Gasteiger partial charge < -0.3 is 14.6 Å². The summed E-state index contributed by atoms with van der Waals surface area (Å²) < 4.78 is 36.7. The summed E-state index contributed by atoms with van der Waals surface area (Å²) in [6, 6.07) is 6.06. The van der Waals surface area contributed by atoms with Crippen molar-refractivity contribution in [3.8, 4) is 0 Å². The van der Waals surface area contributed by atoms with Crippen molar-refractivity contribution in [1.29, 1.82) is 0 Å². The molecule has 2 atom stereocenters. The number of rotatable bonds is 5. The summed E-state index contributed by atoms with van der Waals surface area (Å²) in [7, 11) is -3.12. The number of hydrogen-bond donors (Lipinski definition) is 1. The highest BCUT2D eigenvalue weighted by atomic mass is 32.2. The Morgan fingerprint density at radius 2 is 1.81 bits per heavy atom. The maximum atomic E-state index is 13.1. The maximum Gasteiger partial charge on any atom is 0.340 e. The lowest BCUT2D eigenvalue weighted by molar-refractivity contribution is -0.182. The molecule has 26 heavy (non-hydrogen) atoms. The molecule has 1 aromatic carbocycles. The van der Waals surface area contributed by atoms with Gasteiger partial charge in [0.15, 0.2) is 11.1 Å². The Labute approximate surface area is 152 Å². The van der Waals surface area contributed by atoms with Gasteiger partial charge in [-0.2, -0.15) is 4.31 Å². The molecule has 1 fully saturated rings. The number of aliphatic hydroxyl groups is 1. The summed E-state index contributed by atoms with van der Waals surface area (Å²) in [4.78, 5) is 24.8. The molecular formula is C17H23NO7S. The lowest BCUT2D eigenvalue weighted by atomic mass is 9.82. The monoisotopic (exact) mass is 385 g/mol. The molecular weight excluding hydrogens is 362 g/mol. The highest BCUT2D eigenvalue weighted by Crippen LogP contribution is 2.43. The number of methoxy groups -OCH3 is 1. The Hall–Kier alpha value is -1.97. The molecule has 8 nitrogen and oxygen atoms in total.